The second-order valence-corrected chi connectivity index (χ2v) is 5.70. The van der Waals surface area contributed by atoms with Crippen molar-refractivity contribution in [1.82, 2.24) is 15.1 Å². The minimum atomic E-state index is 0.0242. The fourth-order valence-electron chi connectivity index (χ4n) is 2.10. The molecule has 1 aliphatic rings. The largest absolute Gasteiger partial charge is 0.299 e. The highest BCUT2D eigenvalue weighted by Gasteiger charge is 2.15. The molecule has 1 fully saturated rings. The molecule has 0 radical (unpaired) electrons. The molecule has 1 amide bonds. The van der Waals surface area contributed by atoms with E-state index in [0.29, 0.717) is 11.7 Å². The molecule has 1 aromatic heterocycles. The molecule has 1 aliphatic heterocycles. The van der Waals surface area contributed by atoms with Crippen LogP contribution >= 0.6 is 11.3 Å². The highest BCUT2D eigenvalue weighted by Crippen LogP contribution is 2.16. The van der Waals surface area contributed by atoms with Gasteiger partial charge in [0.1, 0.15) is 5.01 Å². The Morgan fingerprint density at radius 3 is 2.83 bits per heavy atom. The molecule has 0 saturated carbocycles. The summed E-state index contributed by atoms with van der Waals surface area (Å²) in [4.78, 5) is 14.0. The maximum Gasteiger partial charge on any atom is 0.240 e. The molecule has 5 nitrogen and oxygen atoms in total. The zero-order chi connectivity index (χ0) is 12.8. The first-order valence-electron chi connectivity index (χ1n) is 6.62. The van der Waals surface area contributed by atoms with Crippen molar-refractivity contribution in [2.75, 3.05) is 25.0 Å². The number of hydrogen-bond donors (Lipinski definition) is 1. The van der Waals surface area contributed by atoms with Gasteiger partial charge < -0.3 is 0 Å². The Kier molecular flexibility index (Phi) is 5.07. The number of nitrogens with one attached hydrogen (secondary N) is 1. The van der Waals surface area contributed by atoms with Gasteiger partial charge in [0.05, 0.1) is 6.54 Å². The molecule has 6 heteroatoms. The second kappa shape index (κ2) is 6.80. The van der Waals surface area contributed by atoms with Crippen LogP contribution in [0.3, 0.4) is 0 Å². The predicted octanol–water partition coefficient (Wildman–Crippen LogP) is 1.91. The van der Waals surface area contributed by atoms with Gasteiger partial charge in [-0.1, -0.05) is 24.7 Å². The number of aryl methyl sites for hydroxylation is 1. The van der Waals surface area contributed by atoms with Crippen LogP contribution < -0.4 is 5.32 Å². The van der Waals surface area contributed by atoms with Crippen LogP contribution in [0.2, 0.25) is 0 Å². The van der Waals surface area contributed by atoms with E-state index in [9.17, 15) is 4.79 Å². The standard InChI is InChI=1S/C12H20N4OS/c1-2-6-11-14-15-12(18-11)13-10(17)9-16-7-4-3-5-8-16/h2-9H2,1H3,(H,13,15,17). The van der Waals surface area contributed by atoms with Crippen LogP contribution in [0, 0.1) is 0 Å². The van der Waals surface area contributed by atoms with Crippen LogP contribution in [-0.2, 0) is 11.2 Å². The van der Waals surface area contributed by atoms with Crippen LogP contribution in [0.4, 0.5) is 5.13 Å². The third-order valence-electron chi connectivity index (χ3n) is 2.99. The number of hydrogen-bond acceptors (Lipinski definition) is 5. The topological polar surface area (TPSA) is 58.1 Å². The predicted molar refractivity (Wildman–Crippen MR) is 72.8 cm³/mol. The normalized spacial score (nSPS) is 16.7. The summed E-state index contributed by atoms with van der Waals surface area (Å²) in [5, 5.41) is 12.5. The van der Waals surface area contributed by atoms with Gasteiger partial charge >= 0.3 is 0 Å². The highest BCUT2D eigenvalue weighted by atomic mass is 32.1. The third kappa shape index (κ3) is 4.03. The third-order valence-corrected chi connectivity index (χ3v) is 3.89. The molecule has 0 atom stereocenters. The SMILES string of the molecule is CCCc1nnc(NC(=O)CN2CCCCC2)s1. The van der Waals surface area contributed by atoms with E-state index in [-0.39, 0.29) is 5.91 Å². The first kappa shape index (κ1) is 13.4. The van der Waals surface area contributed by atoms with E-state index in [2.05, 4.69) is 27.3 Å². The Morgan fingerprint density at radius 2 is 2.11 bits per heavy atom. The molecule has 1 aromatic rings. The maximum absolute atomic E-state index is 11.8. The average Bonchev–Trinajstić information content (AvgIpc) is 2.78. The van der Waals surface area contributed by atoms with Gasteiger partial charge in [-0.05, 0) is 32.4 Å². The summed E-state index contributed by atoms with van der Waals surface area (Å²) in [7, 11) is 0. The maximum atomic E-state index is 11.8. The van der Waals surface area contributed by atoms with Crippen LogP contribution in [0.5, 0.6) is 0 Å². The molecule has 0 bridgehead atoms. The lowest BCUT2D eigenvalue weighted by atomic mass is 10.1. The smallest absolute Gasteiger partial charge is 0.240 e. The zero-order valence-corrected chi connectivity index (χ0v) is 11.6. The Hall–Kier alpha value is -1.01. The number of likely N-dealkylation sites (tertiary alicyclic amines) is 1. The Balaban J connectivity index is 1.78. The molecule has 1 N–H and O–H groups in total. The summed E-state index contributed by atoms with van der Waals surface area (Å²) in [5.74, 6) is 0.0242. The van der Waals surface area contributed by atoms with E-state index in [1.165, 1.54) is 30.6 Å². The second-order valence-electron chi connectivity index (χ2n) is 4.64. The first-order valence-corrected chi connectivity index (χ1v) is 7.44. The molecule has 1 saturated heterocycles. The van der Waals surface area contributed by atoms with Gasteiger partial charge in [0, 0.05) is 6.42 Å². The minimum absolute atomic E-state index is 0.0242. The number of nitrogens with zero attached hydrogens (tertiary/aromatic N) is 3. The lowest BCUT2D eigenvalue weighted by Crippen LogP contribution is -2.36. The number of aromatic nitrogens is 2. The van der Waals surface area contributed by atoms with Crippen molar-refractivity contribution in [2.45, 2.75) is 39.0 Å². The number of anilines is 1. The summed E-state index contributed by atoms with van der Waals surface area (Å²) in [5.41, 5.74) is 0. The number of amides is 1. The molecule has 2 rings (SSSR count). The summed E-state index contributed by atoms with van der Waals surface area (Å²) < 4.78 is 0. The van der Waals surface area contributed by atoms with Crippen molar-refractivity contribution in [2.24, 2.45) is 0 Å². The summed E-state index contributed by atoms with van der Waals surface area (Å²) in [6, 6.07) is 0. The average molecular weight is 268 g/mol. The zero-order valence-electron chi connectivity index (χ0n) is 10.8. The summed E-state index contributed by atoms with van der Waals surface area (Å²) in [6.07, 6.45) is 5.67. The molecule has 0 aromatic carbocycles. The van der Waals surface area contributed by atoms with Crippen molar-refractivity contribution >= 4 is 22.4 Å². The van der Waals surface area contributed by atoms with Gasteiger partial charge in [-0.15, -0.1) is 10.2 Å². The molecule has 0 unspecified atom stereocenters. The Labute approximate surface area is 112 Å². The summed E-state index contributed by atoms with van der Waals surface area (Å²) >= 11 is 1.48. The molecule has 100 valence electrons. The monoisotopic (exact) mass is 268 g/mol. The van der Waals surface area contributed by atoms with E-state index in [0.717, 1.165) is 30.9 Å². The molecular weight excluding hydrogens is 248 g/mol. The Morgan fingerprint density at radius 1 is 1.33 bits per heavy atom. The first-order chi connectivity index (χ1) is 8.78. The van der Waals surface area contributed by atoms with Crippen molar-refractivity contribution in [3.63, 3.8) is 0 Å². The lowest BCUT2D eigenvalue weighted by molar-refractivity contribution is -0.117. The van der Waals surface area contributed by atoms with Crippen molar-refractivity contribution < 1.29 is 4.79 Å². The summed E-state index contributed by atoms with van der Waals surface area (Å²) in [6.45, 7) is 4.65. The molecule has 18 heavy (non-hydrogen) atoms. The quantitative estimate of drug-likeness (QED) is 0.886. The lowest BCUT2D eigenvalue weighted by Gasteiger charge is -2.25. The van der Waals surface area contributed by atoms with Crippen LogP contribution in [0.15, 0.2) is 0 Å². The van der Waals surface area contributed by atoms with Crippen molar-refractivity contribution in [1.29, 1.82) is 0 Å². The molecule has 0 aliphatic carbocycles. The van der Waals surface area contributed by atoms with Gasteiger partial charge in [-0.2, -0.15) is 0 Å². The number of rotatable bonds is 5. The van der Waals surface area contributed by atoms with Gasteiger partial charge in [0.2, 0.25) is 11.0 Å². The van der Waals surface area contributed by atoms with Crippen LogP contribution in [0.25, 0.3) is 0 Å². The van der Waals surface area contributed by atoms with E-state index in [4.69, 9.17) is 0 Å². The number of piperidine rings is 1. The fourth-order valence-corrected chi connectivity index (χ4v) is 2.96. The molecule has 2 heterocycles. The van der Waals surface area contributed by atoms with Gasteiger partial charge in [-0.3, -0.25) is 15.0 Å². The fraction of sp³-hybridized carbons (Fsp3) is 0.750. The molecular formula is C12H20N4OS. The van der Waals surface area contributed by atoms with E-state index < -0.39 is 0 Å². The van der Waals surface area contributed by atoms with E-state index >= 15 is 0 Å². The highest BCUT2D eigenvalue weighted by molar-refractivity contribution is 7.15. The molecule has 0 spiro atoms. The van der Waals surface area contributed by atoms with Crippen LogP contribution in [-0.4, -0.2) is 40.6 Å². The van der Waals surface area contributed by atoms with Gasteiger partial charge in [0.25, 0.3) is 0 Å². The number of carbonyl (C=O) groups is 1. The van der Waals surface area contributed by atoms with Crippen molar-refractivity contribution in [3.05, 3.63) is 5.01 Å². The minimum Gasteiger partial charge on any atom is -0.299 e. The number of carbonyl (C=O) groups excluding carboxylic acids is 1. The van der Waals surface area contributed by atoms with E-state index in [1.54, 1.807) is 0 Å². The van der Waals surface area contributed by atoms with Gasteiger partial charge in [0.15, 0.2) is 0 Å². The van der Waals surface area contributed by atoms with Crippen molar-refractivity contribution in [3.8, 4) is 0 Å². The Bertz CT molecular complexity index is 387. The van der Waals surface area contributed by atoms with Crippen LogP contribution in [0.1, 0.15) is 37.6 Å². The van der Waals surface area contributed by atoms with Gasteiger partial charge in [-0.25, -0.2) is 0 Å². The van der Waals surface area contributed by atoms with E-state index in [1.807, 2.05) is 0 Å².